The molecule has 84 valence electrons. The fourth-order valence-corrected chi connectivity index (χ4v) is 1.64. The van der Waals surface area contributed by atoms with Crippen LogP contribution in [0.2, 0.25) is 0 Å². The third-order valence-electron chi connectivity index (χ3n) is 2.41. The highest BCUT2D eigenvalue weighted by Crippen LogP contribution is 2.27. The average Bonchev–Trinajstić information content (AvgIpc) is 2.23. The van der Waals surface area contributed by atoms with Gasteiger partial charge in [-0.3, -0.25) is 0 Å². The van der Waals surface area contributed by atoms with Gasteiger partial charge in [-0.25, -0.2) is 0 Å². The number of benzene rings is 1. The quantitative estimate of drug-likeness (QED) is 0.756. The Morgan fingerprint density at radius 1 is 1.20 bits per heavy atom. The molecule has 15 heavy (non-hydrogen) atoms. The largest absolute Gasteiger partial charge is 0.494 e. The molecule has 1 aromatic carbocycles. The molecule has 0 atom stereocenters. The minimum atomic E-state index is 0.671. The van der Waals surface area contributed by atoms with Crippen molar-refractivity contribution in [3.63, 3.8) is 0 Å². The molecule has 1 rings (SSSR count). The minimum absolute atomic E-state index is 0.671. The van der Waals surface area contributed by atoms with Crippen molar-refractivity contribution in [2.45, 2.75) is 20.8 Å². The molecule has 0 fully saturated rings. The lowest BCUT2D eigenvalue weighted by molar-refractivity contribution is 0.340. The monoisotopic (exact) mass is 208 g/mol. The second-order valence-corrected chi connectivity index (χ2v) is 3.33. The Morgan fingerprint density at radius 2 is 1.87 bits per heavy atom. The van der Waals surface area contributed by atoms with Crippen molar-refractivity contribution in [3.8, 4) is 5.75 Å². The molecule has 1 aromatic rings. The second kappa shape index (κ2) is 5.49. The first-order chi connectivity index (χ1) is 7.22. The lowest BCUT2D eigenvalue weighted by atomic mass is 10.2. The second-order valence-electron chi connectivity index (χ2n) is 3.33. The Morgan fingerprint density at radius 3 is 2.33 bits per heavy atom. The van der Waals surface area contributed by atoms with Crippen LogP contribution in [0.1, 0.15) is 20.8 Å². The van der Waals surface area contributed by atoms with E-state index in [0.29, 0.717) is 6.61 Å². The van der Waals surface area contributed by atoms with Crippen molar-refractivity contribution in [1.29, 1.82) is 0 Å². The maximum absolute atomic E-state index is 5.98. The highest BCUT2D eigenvalue weighted by Gasteiger charge is 2.06. The first-order valence-electron chi connectivity index (χ1n) is 5.50. The molecule has 0 aliphatic rings. The molecule has 0 heterocycles. The summed E-state index contributed by atoms with van der Waals surface area (Å²) in [6, 6.07) is 5.87. The highest BCUT2D eigenvalue weighted by atomic mass is 16.5. The number of nitrogens with two attached hydrogens (primary N) is 1. The zero-order valence-corrected chi connectivity index (χ0v) is 9.79. The van der Waals surface area contributed by atoms with E-state index in [0.717, 1.165) is 30.2 Å². The summed E-state index contributed by atoms with van der Waals surface area (Å²) in [6.07, 6.45) is 0. The summed E-state index contributed by atoms with van der Waals surface area (Å²) in [5.74, 6) is 0.839. The number of rotatable bonds is 5. The summed E-state index contributed by atoms with van der Waals surface area (Å²) in [7, 11) is 0. The Kier molecular flexibility index (Phi) is 4.28. The van der Waals surface area contributed by atoms with E-state index >= 15 is 0 Å². The molecule has 0 aliphatic carbocycles. The molecule has 0 saturated carbocycles. The van der Waals surface area contributed by atoms with Gasteiger partial charge in [0.05, 0.1) is 18.0 Å². The fourth-order valence-electron chi connectivity index (χ4n) is 1.64. The Balaban J connectivity index is 2.91. The maximum atomic E-state index is 5.98. The van der Waals surface area contributed by atoms with Crippen molar-refractivity contribution in [1.82, 2.24) is 0 Å². The van der Waals surface area contributed by atoms with Gasteiger partial charge in [-0.1, -0.05) is 0 Å². The highest BCUT2D eigenvalue weighted by molar-refractivity contribution is 5.69. The van der Waals surface area contributed by atoms with Gasteiger partial charge in [0.25, 0.3) is 0 Å². The summed E-state index contributed by atoms with van der Waals surface area (Å²) >= 11 is 0. The maximum Gasteiger partial charge on any atom is 0.121 e. The molecular weight excluding hydrogens is 188 g/mol. The van der Waals surface area contributed by atoms with Crippen LogP contribution in [0.15, 0.2) is 18.2 Å². The third kappa shape index (κ3) is 2.78. The predicted molar refractivity (Wildman–Crippen MR) is 65.6 cm³/mol. The van der Waals surface area contributed by atoms with Gasteiger partial charge >= 0.3 is 0 Å². The molecule has 0 aliphatic heterocycles. The van der Waals surface area contributed by atoms with Gasteiger partial charge in [-0.15, -0.1) is 0 Å². The van der Waals surface area contributed by atoms with Gasteiger partial charge in [0.15, 0.2) is 0 Å². The molecule has 0 bridgehead atoms. The van der Waals surface area contributed by atoms with E-state index in [1.807, 2.05) is 25.1 Å². The Hall–Kier alpha value is -1.38. The van der Waals surface area contributed by atoms with E-state index in [1.165, 1.54) is 0 Å². The Labute approximate surface area is 91.8 Å². The SMILES string of the molecule is CCOc1ccc(N(CC)CC)c(N)c1. The van der Waals surface area contributed by atoms with Crippen LogP contribution in [0, 0.1) is 0 Å². The minimum Gasteiger partial charge on any atom is -0.494 e. The molecule has 0 spiro atoms. The summed E-state index contributed by atoms with van der Waals surface area (Å²) < 4.78 is 5.39. The van der Waals surface area contributed by atoms with E-state index < -0.39 is 0 Å². The standard InChI is InChI=1S/C12H20N2O/c1-4-14(5-2)12-8-7-10(15-6-3)9-11(12)13/h7-9H,4-6,13H2,1-3H3. The van der Waals surface area contributed by atoms with Crippen molar-refractivity contribution in [2.24, 2.45) is 0 Å². The number of ether oxygens (including phenoxy) is 1. The lowest BCUT2D eigenvalue weighted by Gasteiger charge is -2.23. The molecule has 3 nitrogen and oxygen atoms in total. The summed E-state index contributed by atoms with van der Waals surface area (Å²) in [4.78, 5) is 2.23. The summed E-state index contributed by atoms with van der Waals surface area (Å²) in [5.41, 5.74) is 7.85. The van der Waals surface area contributed by atoms with Crippen molar-refractivity contribution >= 4 is 11.4 Å². The molecule has 3 heteroatoms. The van der Waals surface area contributed by atoms with Crippen LogP contribution in [-0.4, -0.2) is 19.7 Å². The van der Waals surface area contributed by atoms with Crippen molar-refractivity contribution in [3.05, 3.63) is 18.2 Å². The van der Waals surface area contributed by atoms with E-state index in [4.69, 9.17) is 10.5 Å². The van der Waals surface area contributed by atoms with Gasteiger partial charge in [-0.2, -0.15) is 0 Å². The number of hydrogen-bond acceptors (Lipinski definition) is 3. The van der Waals surface area contributed by atoms with Crippen LogP contribution in [-0.2, 0) is 0 Å². The smallest absolute Gasteiger partial charge is 0.121 e. The topological polar surface area (TPSA) is 38.5 Å². The van der Waals surface area contributed by atoms with Gasteiger partial charge in [-0.05, 0) is 32.9 Å². The molecule has 0 aromatic heterocycles. The molecule has 2 N–H and O–H groups in total. The summed E-state index contributed by atoms with van der Waals surface area (Å²) in [5, 5.41) is 0. The van der Waals surface area contributed by atoms with E-state index in [2.05, 4.69) is 18.7 Å². The third-order valence-corrected chi connectivity index (χ3v) is 2.41. The molecule has 0 amide bonds. The zero-order valence-electron chi connectivity index (χ0n) is 9.79. The summed E-state index contributed by atoms with van der Waals surface area (Å²) in [6.45, 7) is 8.82. The van der Waals surface area contributed by atoms with Crippen molar-refractivity contribution < 1.29 is 4.74 Å². The van der Waals surface area contributed by atoms with E-state index in [9.17, 15) is 0 Å². The van der Waals surface area contributed by atoms with Gasteiger partial charge in [0.2, 0.25) is 0 Å². The van der Waals surface area contributed by atoms with Crippen LogP contribution in [0.4, 0.5) is 11.4 Å². The normalized spacial score (nSPS) is 10.1. The van der Waals surface area contributed by atoms with E-state index in [-0.39, 0.29) is 0 Å². The molecular formula is C12H20N2O. The van der Waals surface area contributed by atoms with E-state index in [1.54, 1.807) is 0 Å². The lowest BCUT2D eigenvalue weighted by Crippen LogP contribution is -2.22. The van der Waals surface area contributed by atoms with Gasteiger partial charge in [0.1, 0.15) is 5.75 Å². The molecule has 0 radical (unpaired) electrons. The van der Waals surface area contributed by atoms with Gasteiger partial charge in [0, 0.05) is 19.2 Å². The van der Waals surface area contributed by atoms with Crippen LogP contribution in [0.25, 0.3) is 0 Å². The van der Waals surface area contributed by atoms with Crippen LogP contribution < -0.4 is 15.4 Å². The van der Waals surface area contributed by atoms with Crippen LogP contribution in [0.5, 0.6) is 5.75 Å². The molecule has 0 unspecified atom stereocenters. The molecule has 0 saturated heterocycles. The number of nitrogens with zero attached hydrogens (tertiary/aromatic N) is 1. The average molecular weight is 208 g/mol. The predicted octanol–water partition coefficient (Wildman–Crippen LogP) is 2.51. The Bertz CT molecular complexity index is 308. The first-order valence-corrected chi connectivity index (χ1v) is 5.50. The van der Waals surface area contributed by atoms with Crippen LogP contribution >= 0.6 is 0 Å². The van der Waals surface area contributed by atoms with Gasteiger partial charge < -0.3 is 15.4 Å². The van der Waals surface area contributed by atoms with Crippen molar-refractivity contribution in [2.75, 3.05) is 30.3 Å². The fraction of sp³-hybridized carbons (Fsp3) is 0.500. The number of nitrogen functional groups attached to an aromatic ring is 1. The number of hydrogen-bond donors (Lipinski definition) is 1. The number of anilines is 2. The zero-order chi connectivity index (χ0) is 11.3. The first kappa shape index (κ1) is 11.7. The van der Waals surface area contributed by atoms with Crippen LogP contribution in [0.3, 0.4) is 0 Å².